The van der Waals surface area contributed by atoms with Gasteiger partial charge in [0.25, 0.3) is 5.91 Å². The van der Waals surface area contributed by atoms with Crippen molar-refractivity contribution in [2.24, 2.45) is 0 Å². The van der Waals surface area contributed by atoms with E-state index in [1.807, 2.05) is 0 Å². The number of sulfonamides is 1. The fourth-order valence-electron chi connectivity index (χ4n) is 2.34. The molecule has 1 aromatic rings. The molecule has 0 saturated carbocycles. The molecule has 0 spiro atoms. The predicted molar refractivity (Wildman–Crippen MR) is 91.5 cm³/mol. The lowest BCUT2D eigenvalue weighted by atomic mass is 10.3. The van der Waals surface area contributed by atoms with Crippen molar-refractivity contribution in [3.8, 4) is 0 Å². The molecule has 2 N–H and O–H groups in total. The number of rotatable bonds is 8. The monoisotopic (exact) mass is 401 g/mol. The van der Waals surface area contributed by atoms with E-state index in [4.69, 9.17) is 4.74 Å². The largest absolute Gasteiger partial charge is 0.453 e. The van der Waals surface area contributed by atoms with Gasteiger partial charge in [-0.1, -0.05) is 0 Å². The van der Waals surface area contributed by atoms with E-state index in [1.165, 1.54) is 6.92 Å². The summed E-state index contributed by atoms with van der Waals surface area (Å²) in [4.78, 5) is 36.1. The third kappa shape index (κ3) is 5.73. The maximum Gasteiger partial charge on any atom is 0.324 e. The first-order chi connectivity index (χ1) is 12.7. The Bertz CT molecular complexity index is 812. The molecule has 148 valence electrons. The lowest BCUT2D eigenvalue weighted by molar-refractivity contribution is -0.157. The molecule has 0 radical (unpaired) electrons. The number of hydrogen-bond donors (Lipinski definition) is 2. The van der Waals surface area contributed by atoms with Crippen molar-refractivity contribution in [1.82, 2.24) is 14.9 Å². The summed E-state index contributed by atoms with van der Waals surface area (Å²) >= 11 is 0. The predicted octanol–water partition coefficient (Wildman–Crippen LogP) is 0.368. The van der Waals surface area contributed by atoms with Crippen LogP contribution in [0.1, 0.15) is 19.8 Å². The number of imide groups is 1. The van der Waals surface area contributed by atoms with E-state index in [0.29, 0.717) is 6.54 Å². The van der Waals surface area contributed by atoms with Crippen molar-refractivity contribution >= 4 is 27.9 Å². The van der Waals surface area contributed by atoms with Gasteiger partial charge in [0.1, 0.15) is 5.82 Å². The fourth-order valence-corrected chi connectivity index (χ4v) is 3.42. The summed E-state index contributed by atoms with van der Waals surface area (Å²) in [5.74, 6) is -1.85. The Kier molecular flexibility index (Phi) is 6.86. The van der Waals surface area contributed by atoms with Crippen LogP contribution in [0.3, 0.4) is 0 Å². The summed E-state index contributed by atoms with van der Waals surface area (Å²) in [6.45, 7) is 1.89. The molecule has 0 aliphatic carbocycles. The Morgan fingerprint density at radius 3 is 2.59 bits per heavy atom. The van der Waals surface area contributed by atoms with Gasteiger partial charge in [-0.05, 0) is 37.6 Å². The second kappa shape index (κ2) is 8.91. The van der Waals surface area contributed by atoms with Gasteiger partial charge in [-0.25, -0.2) is 22.3 Å². The van der Waals surface area contributed by atoms with E-state index in [9.17, 15) is 27.2 Å². The number of nitrogens with one attached hydrogen (secondary N) is 2. The van der Waals surface area contributed by atoms with Crippen LogP contribution in [0.4, 0.5) is 9.18 Å². The van der Waals surface area contributed by atoms with Gasteiger partial charge in [0.2, 0.25) is 10.0 Å². The Labute approximate surface area is 155 Å². The number of halogens is 1. The summed E-state index contributed by atoms with van der Waals surface area (Å²) in [5.41, 5.74) is 0. The maximum absolute atomic E-state index is 12.8. The summed E-state index contributed by atoms with van der Waals surface area (Å²) in [6.07, 6.45) is -1.09. The smallest absolute Gasteiger partial charge is 0.324 e. The standard InChI is InChI=1S/C16H20FN3O6S/c1-11(15(22)20-10-9-18-16(20)23)26-14(21)3-2-8-19-27(24,25)13-6-4-12(17)5-7-13/h4-7,11,19H,2-3,8-10H2,1H3,(H,18,23)/t11-/m0/s1. The van der Waals surface area contributed by atoms with Crippen LogP contribution in [0, 0.1) is 5.82 Å². The topological polar surface area (TPSA) is 122 Å². The van der Waals surface area contributed by atoms with E-state index in [2.05, 4.69) is 10.0 Å². The third-order valence-electron chi connectivity index (χ3n) is 3.75. The van der Waals surface area contributed by atoms with Crippen LogP contribution in [0.15, 0.2) is 29.2 Å². The average Bonchev–Trinajstić information content (AvgIpc) is 3.04. The van der Waals surface area contributed by atoms with E-state index in [0.717, 1.165) is 29.2 Å². The molecule has 1 aliphatic heterocycles. The lowest BCUT2D eigenvalue weighted by Gasteiger charge is -2.18. The Hall–Kier alpha value is -2.53. The number of hydrogen-bond acceptors (Lipinski definition) is 6. The zero-order valence-corrected chi connectivity index (χ0v) is 15.4. The third-order valence-corrected chi connectivity index (χ3v) is 5.23. The van der Waals surface area contributed by atoms with Crippen molar-refractivity contribution in [1.29, 1.82) is 0 Å². The quantitative estimate of drug-likeness (QED) is 0.479. The molecule has 11 heteroatoms. The normalized spacial score (nSPS) is 15.3. The van der Waals surface area contributed by atoms with Crippen LogP contribution in [-0.4, -0.2) is 57.0 Å². The Morgan fingerprint density at radius 1 is 1.33 bits per heavy atom. The first kappa shape index (κ1) is 20.8. The molecule has 9 nitrogen and oxygen atoms in total. The number of urea groups is 1. The molecule has 1 aliphatic rings. The highest BCUT2D eigenvalue weighted by Crippen LogP contribution is 2.10. The number of nitrogens with zero attached hydrogens (tertiary/aromatic N) is 1. The van der Waals surface area contributed by atoms with E-state index in [-0.39, 0.29) is 30.8 Å². The molecule has 0 unspecified atom stereocenters. The molecule has 0 aromatic heterocycles. The number of carbonyl (C=O) groups is 3. The number of benzene rings is 1. The van der Waals surface area contributed by atoms with Gasteiger partial charge in [-0.15, -0.1) is 0 Å². The van der Waals surface area contributed by atoms with Gasteiger partial charge >= 0.3 is 12.0 Å². The van der Waals surface area contributed by atoms with E-state index in [1.54, 1.807) is 0 Å². The van der Waals surface area contributed by atoms with Crippen LogP contribution in [0.2, 0.25) is 0 Å². The highest BCUT2D eigenvalue weighted by Gasteiger charge is 2.31. The van der Waals surface area contributed by atoms with Gasteiger partial charge < -0.3 is 10.1 Å². The number of amides is 3. The number of ether oxygens (including phenoxy) is 1. The van der Waals surface area contributed by atoms with Crippen molar-refractivity contribution in [3.63, 3.8) is 0 Å². The second-order valence-electron chi connectivity index (χ2n) is 5.81. The molecule has 27 heavy (non-hydrogen) atoms. The Morgan fingerprint density at radius 2 is 2.00 bits per heavy atom. The van der Waals surface area contributed by atoms with Gasteiger partial charge in [-0.3, -0.25) is 14.5 Å². The molecule has 2 rings (SSSR count). The molecule has 1 atom stereocenters. The maximum atomic E-state index is 12.8. The molecule has 3 amide bonds. The highest BCUT2D eigenvalue weighted by molar-refractivity contribution is 7.89. The van der Waals surface area contributed by atoms with E-state index < -0.39 is 39.9 Å². The minimum absolute atomic E-state index is 0.0360. The second-order valence-corrected chi connectivity index (χ2v) is 7.58. The summed E-state index contributed by atoms with van der Waals surface area (Å²) in [7, 11) is -3.80. The van der Waals surface area contributed by atoms with Gasteiger partial charge in [0.15, 0.2) is 6.10 Å². The summed E-state index contributed by atoms with van der Waals surface area (Å²) < 4.78 is 44.1. The van der Waals surface area contributed by atoms with Crippen molar-refractivity contribution in [3.05, 3.63) is 30.1 Å². The van der Waals surface area contributed by atoms with Crippen molar-refractivity contribution < 1.29 is 31.9 Å². The first-order valence-corrected chi connectivity index (χ1v) is 9.73. The van der Waals surface area contributed by atoms with Crippen LogP contribution < -0.4 is 10.0 Å². The molecular formula is C16H20FN3O6S. The first-order valence-electron chi connectivity index (χ1n) is 8.24. The fraction of sp³-hybridized carbons (Fsp3) is 0.438. The van der Waals surface area contributed by atoms with Crippen LogP contribution in [0.25, 0.3) is 0 Å². The number of esters is 1. The lowest BCUT2D eigenvalue weighted by Crippen LogP contribution is -2.41. The highest BCUT2D eigenvalue weighted by atomic mass is 32.2. The minimum atomic E-state index is -3.80. The van der Waals surface area contributed by atoms with Crippen LogP contribution in [0.5, 0.6) is 0 Å². The summed E-state index contributed by atoms with van der Waals surface area (Å²) in [6, 6.07) is 3.80. The van der Waals surface area contributed by atoms with Gasteiger partial charge in [0.05, 0.1) is 4.90 Å². The molecule has 1 fully saturated rings. The molecular weight excluding hydrogens is 381 g/mol. The molecule has 1 saturated heterocycles. The Balaban J connectivity index is 1.73. The van der Waals surface area contributed by atoms with Gasteiger partial charge in [0, 0.05) is 26.1 Å². The van der Waals surface area contributed by atoms with Crippen LogP contribution >= 0.6 is 0 Å². The molecule has 1 aromatic carbocycles. The minimum Gasteiger partial charge on any atom is -0.453 e. The average molecular weight is 401 g/mol. The number of carbonyl (C=O) groups excluding carboxylic acids is 3. The van der Waals surface area contributed by atoms with Crippen LogP contribution in [-0.2, 0) is 24.3 Å². The zero-order chi connectivity index (χ0) is 20.0. The zero-order valence-electron chi connectivity index (χ0n) is 14.6. The molecule has 1 heterocycles. The summed E-state index contributed by atoms with van der Waals surface area (Å²) in [5, 5.41) is 2.47. The molecule has 0 bridgehead atoms. The van der Waals surface area contributed by atoms with E-state index >= 15 is 0 Å². The van der Waals surface area contributed by atoms with Crippen molar-refractivity contribution in [2.75, 3.05) is 19.6 Å². The SMILES string of the molecule is C[C@H](OC(=O)CCCNS(=O)(=O)c1ccc(F)cc1)C(=O)N1CCNC1=O. The van der Waals surface area contributed by atoms with Crippen molar-refractivity contribution in [2.45, 2.75) is 30.8 Å². The van der Waals surface area contributed by atoms with Gasteiger partial charge in [-0.2, -0.15) is 0 Å².